The molecular weight excluding hydrogens is 957 g/mol. The van der Waals surface area contributed by atoms with E-state index in [-0.39, 0.29) is 70.7 Å². The molecule has 1 aromatic rings. The Labute approximate surface area is 423 Å². The molecule has 0 aromatic carbocycles. The van der Waals surface area contributed by atoms with Crippen LogP contribution >= 0.6 is 0 Å². The average Bonchev–Trinajstić information content (AvgIpc) is 4.07. The molecule has 8 amide bonds. The van der Waals surface area contributed by atoms with E-state index in [1.807, 2.05) is 0 Å². The lowest BCUT2D eigenvalue weighted by Gasteiger charge is -2.30. The number of carboxylic acid groups (broad SMARTS) is 1. The first kappa shape index (κ1) is 62.3. The number of likely N-dealkylation sites (tertiary alicyclic amines) is 1. The third-order valence-corrected chi connectivity index (χ3v) is 11.6. The van der Waals surface area contributed by atoms with Crippen molar-refractivity contribution in [1.29, 1.82) is 0 Å². The van der Waals surface area contributed by atoms with Crippen molar-refractivity contribution < 1.29 is 53.4 Å². The van der Waals surface area contributed by atoms with Gasteiger partial charge < -0.3 is 97.5 Å². The van der Waals surface area contributed by atoms with E-state index in [0.717, 1.165) is 0 Å². The van der Waals surface area contributed by atoms with Crippen molar-refractivity contribution in [2.24, 2.45) is 45.1 Å². The summed E-state index contributed by atoms with van der Waals surface area (Å²) in [5.74, 6) is -7.94. The molecule has 0 aliphatic carbocycles. The van der Waals surface area contributed by atoms with Crippen LogP contribution in [0.1, 0.15) is 89.7 Å². The second-order valence-corrected chi connectivity index (χ2v) is 17.4. The average molecular weight is 1040 g/mol. The van der Waals surface area contributed by atoms with Gasteiger partial charge >= 0.3 is 5.97 Å². The Morgan fingerprint density at radius 3 is 2.04 bits per heavy atom. The number of aromatic nitrogens is 2. The Morgan fingerprint density at radius 1 is 0.808 bits per heavy atom. The first-order valence-corrected chi connectivity index (χ1v) is 24.4. The van der Waals surface area contributed by atoms with Gasteiger partial charge in [0.25, 0.3) is 0 Å². The fraction of sp³-hybridized carbons (Fsp3) is 0.659. The summed E-state index contributed by atoms with van der Waals surface area (Å²) in [6.45, 7) is 1.36. The normalized spacial score (nSPS) is 16.3. The molecule has 0 bridgehead atoms. The highest BCUT2D eigenvalue weighted by atomic mass is 16.4. The van der Waals surface area contributed by atoms with Crippen LogP contribution < -0.4 is 77.4 Å². The lowest BCUT2D eigenvalue weighted by molar-refractivity contribution is -0.142. The standard InChI is InChI=1S/C44H78N18O11/c1-25(56-41(70)35(33(63)21-48)61-37(66)27(49)10-2-5-15-45)36(65)54-23-34(64)57-29(12-4-7-17-47)42(71)62-19-9-14-32(62)40(69)60-31(20-26-22-52-24-55-26)39(68)58-28(11-3-6-16-46)38(67)59-30(43(72)73)13-8-18-53-44(50)51/h13,22,24-25,27-29,31-33,35,63H,2-12,14-21,23,45-49H2,1H3,(H,52,55)(H,54,65)(H,56,70)(H,57,64)(H,58,68)(H,59,67)(H,60,69)(H,61,66)(H,72,73)(H4,50,51,53)/b30-13-/t25-,27-,28-,29+,31-,32-,33-,35-/m0/s1. The number of carboxylic acids is 1. The second-order valence-electron chi connectivity index (χ2n) is 17.4. The van der Waals surface area contributed by atoms with Gasteiger partial charge in [0, 0.05) is 37.9 Å². The molecule has 1 fully saturated rings. The minimum Gasteiger partial charge on any atom is -0.477 e. The maximum atomic E-state index is 14.2. The number of rotatable bonds is 35. The van der Waals surface area contributed by atoms with E-state index in [2.05, 4.69) is 52.2 Å². The molecule has 29 heteroatoms. The van der Waals surface area contributed by atoms with Crippen LogP contribution in [0.15, 0.2) is 29.3 Å². The highest BCUT2D eigenvalue weighted by molar-refractivity contribution is 5.99. The van der Waals surface area contributed by atoms with Crippen molar-refractivity contribution in [3.8, 4) is 0 Å². The fourth-order valence-corrected chi connectivity index (χ4v) is 7.50. The molecule has 24 N–H and O–H groups in total. The molecular formula is C44H78N18O11. The van der Waals surface area contributed by atoms with E-state index in [1.165, 1.54) is 30.4 Å². The van der Waals surface area contributed by atoms with Gasteiger partial charge in [-0.25, -0.2) is 9.78 Å². The number of aliphatic hydroxyl groups excluding tert-OH is 1. The number of imidazole rings is 1. The third-order valence-electron chi connectivity index (χ3n) is 11.6. The number of H-pyrrole nitrogens is 1. The maximum absolute atomic E-state index is 14.2. The molecule has 410 valence electrons. The molecule has 2 rings (SSSR count). The van der Waals surface area contributed by atoms with Gasteiger partial charge in [-0.2, -0.15) is 0 Å². The lowest BCUT2D eigenvalue weighted by atomic mass is 10.0. The number of amides is 8. The van der Waals surface area contributed by atoms with Gasteiger partial charge in [0.15, 0.2) is 5.96 Å². The van der Waals surface area contributed by atoms with Crippen LogP contribution in [0.5, 0.6) is 0 Å². The van der Waals surface area contributed by atoms with Crippen LogP contribution in [0.25, 0.3) is 0 Å². The zero-order chi connectivity index (χ0) is 54.5. The van der Waals surface area contributed by atoms with E-state index in [9.17, 15) is 53.4 Å². The quantitative estimate of drug-likeness (QED) is 0.0130. The smallest absolute Gasteiger partial charge is 0.352 e. The van der Waals surface area contributed by atoms with Gasteiger partial charge in [0.05, 0.1) is 25.0 Å². The monoisotopic (exact) mass is 1030 g/mol. The topological polar surface area (TPSA) is 505 Å². The number of aromatic amines is 1. The van der Waals surface area contributed by atoms with Crippen molar-refractivity contribution in [3.05, 3.63) is 30.0 Å². The van der Waals surface area contributed by atoms with Crippen LogP contribution in [0.4, 0.5) is 0 Å². The number of aliphatic imine (C=N–C) groups is 1. The van der Waals surface area contributed by atoms with Crippen LogP contribution in [-0.2, 0) is 49.6 Å². The number of hydrogen-bond donors (Lipinski definition) is 17. The number of nitrogens with two attached hydrogens (primary N) is 7. The highest BCUT2D eigenvalue weighted by Gasteiger charge is 2.40. The molecule has 2 heterocycles. The molecule has 73 heavy (non-hydrogen) atoms. The number of hydrogen-bond acceptors (Lipinski definition) is 17. The maximum Gasteiger partial charge on any atom is 0.352 e. The molecule has 8 atom stereocenters. The van der Waals surface area contributed by atoms with Gasteiger partial charge in [0.2, 0.25) is 47.3 Å². The summed E-state index contributed by atoms with van der Waals surface area (Å²) in [5.41, 5.74) is 39.0. The first-order chi connectivity index (χ1) is 34.8. The van der Waals surface area contributed by atoms with Crippen molar-refractivity contribution in [1.82, 2.24) is 52.1 Å². The third kappa shape index (κ3) is 22.7. The number of nitrogens with one attached hydrogen (secondary N) is 8. The minimum atomic E-state index is -1.56. The molecule has 1 aliphatic heterocycles. The van der Waals surface area contributed by atoms with Crippen molar-refractivity contribution in [2.75, 3.05) is 45.8 Å². The molecule has 1 aromatic heterocycles. The number of unbranched alkanes of at least 4 members (excludes halogenated alkanes) is 3. The number of carbonyl (C=O) groups excluding carboxylic acids is 8. The molecule has 0 saturated carbocycles. The van der Waals surface area contributed by atoms with E-state index < -0.39 is 120 Å². The molecule has 1 aliphatic rings. The predicted octanol–water partition coefficient (Wildman–Crippen LogP) is -6.71. The largest absolute Gasteiger partial charge is 0.477 e. The van der Waals surface area contributed by atoms with E-state index in [4.69, 9.17) is 40.1 Å². The van der Waals surface area contributed by atoms with E-state index in [1.54, 1.807) is 0 Å². The Balaban J connectivity index is 2.22. The summed E-state index contributed by atoms with van der Waals surface area (Å²) in [7, 11) is 0. The van der Waals surface area contributed by atoms with Crippen molar-refractivity contribution in [3.63, 3.8) is 0 Å². The minimum absolute atomic E-state index is 0.0430. The van der Waals surface area contributed by atoms with Crippen molar-refractivity contribution >= 4 is 59.2 Å². The van der Waals surface area contributed by atoms with Gasteiger partial charge in [-0.05, 0) is 97.2 Å². The Kier molecular flexibility index (Phi) is 28.8. The predicted molar refractivity (Wildman–Crippen MR) is 266 cm³/mol. The van der Waals surface area contributed by atoms with Crippen molar-refractivity contribution in [2.45, 2.75) is 139 Å². The van der Waals surface area contributed by atoms with Gasteiger partial charge in [-0.3, -0.25) is 43.3 Å². The van der Waals surface area contributed by atoms with Crippen LogP contribution in [0.2, 0.25) is 0 Å². The van der Waals surface area contributed by atoms with Crippen LogP contribution in [0.3, 0.4) is 0 Å². The Hall–Kier alpha value is -6.79. The summed E-state index contributed by atoms with van der Waals surface area (Å²) in [6.07, 6.45) is 6.29. The summed E-state index contributed by atoms with van der Waals surface area (Å²) < 4.78 is 0. The number of nitrogens with zero attached hydrogens (tertiary/aromatic N) is 3. The summed E-state index contributed by atoms with van der Waals surface area (Å²) in [5, 5.41) is 37.6. The summed E-state index contributed by atoms with van der Waals surface area (Å²) in [6, 6.07) is -8.76. The van der Waals surface area contributed by atoms with Gasteiger partial charge in [-0.1, -0.05) is 12.5 Å². The lowest BCUT2D eigenvalue weighted by Crippen LogP contribution is -2.60. The van der Waals surface area contributed by atoms with Gasteiger partial charge in [-0.15, -0.1) is 0 Å². The zero-order valence-electron chi connectivity index (χ0n) is 41.4. The summed E-state index contributed by atoms with van der Waals surface area (Å²) >= 11 is 0. The SMILES string of the molecule is C[C@H](NC(=O)[C@@H](NC(=O)[C@@H](N)CCCCN)[C@@H](O)CN)C(=O)NCC(=O)N[C@H](CCCCN)C(=O)N1CCC[C@H]1C(=O)N[C@@H](Cc1cnc[nH]1)C(=O)N[C@@H](CCCCN)C(=O)N/C(=C\CCN=C(N)N)C(=O)O. The highest BCUT2D eigenvalue weighted by Crippen LogP contribution is 2.21. The number of carbonyl (C=O) groups is 9. The zero-order valence-corrected chi connectivity index (χ0v) is 41.4. The van der Waals surface area contributed by atoms with Gasteiger partial charge in [0.1, 0.15) is 41.9 Å². The number of aliphatic hydroxyl groups is 1. The second kappa shape index (κ2) is 33.8. The number of guanidine groups is 1. The molecule has 0 radical (unpaired) electrons. The molecule has 0 spiro atoms. The Bertz CT molecular complexity index is 2020. The molecule has 0 unspecified atom stereocenters. The fourth-order valence-electron chi connectivity index (χ4n) is 7.50. The van der Waals surface area contributed by atoms with E-state index >= 15 is 0 Å². The molecule has 29 nitrogen and oxygen atoms in total. The summed E-state index contributed by atoms with van der Waals surface area (Å²) in [4.78, 5) is 132. The number of aliphatic carboxylic acids is 1. The van der Waals surface area contributed by atoms with Crippen LogP contribution in [-0.4, -0.2) is 178 Å². The molecule has 1 saturated heterocycles. The first-order valence-electron chi connectivity index (χ1n) is 24.4. The van der Waals surface area contributed by atoms with Crippen LogP contribution in [0, 0.1) is 0 Å². The Morgan fingerprint density at radius 2 is 1.45 bits per heavy atom. The van der Waals surface area contributed by atoms with E-state index in [0.29, 0.717) is 57.2 Å².